The molecule has 2 aromatic rings. The van der Waals surface area contributed by atoms with Gasteiger partial charge in [0, 0.05) is 37.0 Å². The van der Waals surface area contributed by atoms with Gasteiger partial charge in [0.15, 0.2) is 0 Å². The first-order chi connectivity index (χ1) is 13.6. The van der Waals surface area contributed by atoms with Crippen LogP contribution in [0.15, 0.2) is 48.5 Å². The van der Waals surface area contributed by atoms with Crippen molar-refractivity contribution in [2.45, 2.75) is 25.4 Å². The molecule has 1 saturated heterocycles. The molecule has 28 heavy (non-hydrogen) atoms. The van der Waals surface area contributed by atoms with Crippen LogP contribution in [0.2, 0.25) is 0 Å². The molecule has 7 heteroatoms. The van der Waals surface area contributed by atoms with Gasteiger partial charge in [0.2, 0.25) is 5.91 Å². The number of ether oxygens (including phenoxy) is 2. The average molecular weight is 383 g/mol. The monoisotopic (exact) mass is 383 g/mol. The van der Waals surface area contributed by atoms with Gasteiger partial charge in [-0.3, -0.25) is 4.79 Å². The Labute approximate surface area is 164 Å². The van der Waals surface area contributed by atoms with Crippen LogP contribution in [0.25, 0.3) is 0 Å². The molecular weight excluding hydrogens is 358 g/mol. The number of rotatable bonds is 6. The standard InChI is InChI=1S/C21H25N3O4/c1-27-17-11-16(12-18(13-17)28-2)23-20(25)19-9-6-10-24(19)21(26)22-14-15-7-4-3-5-8-15/h3-5,7-8,11-13,19H,6,9-10,14H2,1-2H3,(H,22,26)(H,23,25)/t19-/m0/s1. The number of amides is 3. The van der Waals surface area contributed by atoms with Gasteiger partial charge < -0.3 is 25.0 Å². The van der Waals surface area contributed by atoms with Gasteiger partial charge in [-0.15, -0.1) is 0 Å². The molecule has 148 valence electrons. The van der Waals surface area contributed by atoms with E-state index in [0.29, 0.717) is 36.7 Å². The maximum Gasteiger partial charge on any atom is 0.318 e. The van der Waals surface area contributed by atoms with E-state index in [9.17, 15) is 9.59 Å². The molecular formula is C21H25N3O4. The lowest BCUT2D eigenvalue weighted by Gasteiger charge is -2.24. The molecule has 3 rings (SSSR count). The Bertz CT molecular complexity index is 803. The van der Waals surface area contributed by atoms with Crippen LogP contribution in [-0.2, 0) is 11.3 Å². The number of likely N-dealkylation sites (tertiary alicyclic amines) is 1. The van der Waals surface area contributed by atoms with Crippen molar-refractivity contribution in [3.05, 3.63) is 54.1 Å². The van der Waals surface area contributed by atoms with Gasteiger partial charge in [0.25, 0.3) is 0 Å². The largest absolute Gasteiger partial charge is 0.497 e. The Morgan fingerprint density at radius 1 is 1.07 bits per heavy atom. The molecule has 2 aromatic carbocycles. The molecule has 0 aromatic heterocycles. The summed E-state index contributed by atoms with van der Waals surface area (Å²) in [5, 5.41) is 5.76. The van der Waals surface area contributed by atoms with Crippen LogP contribution < -0.4 is 20.1 Å². The Hall–Kier alpha value is -3.22. The molecule has 0 saturated carbocycles. The number of carbonyl (C=O) groups is 2. The zero-order valence-corrected chi connectivity index (χ0v) is 16.1. The summed E-state index contributed by atoms with van der Waals surface area (Å²) in [6, 6.07) is 14.1. The van der Waals surface area contributed by atoms with Crippen molar-refractivity contribution in [3.63, 3.8) is 0 Å². The van der Waals surface area contributed by atoms with E-state index in [1.54, 1.807) is 37.3 Å². The lowest BCUT2D eigenvalue weighted by atomic mass is 10.2. The molecule has 0 aliphatic carbocycles. The van der Waals surface area contributed by atoms with E-state index in [1.165, 1.54) is 0 Å². The summed E-state index contributed by atoms with van der Waals surface area (Å²) < 4.78 is 10.5. The zero-order chi connectivity index (χ0) is 19.9. The zero-order valence-electron chi connectivity index (χ0n) is 16.1. The molecule has 1 aliphatic heterocycles. The smallest absolute Gasteiger partial charge is 0.318 e. The highest BCUT2D eigenvalue weighted by Gasteiger charge is 2.34. The Balaban J connectivity index is 1.63. The van der Waals surface area contributed by atoms with E-state index in [0.717, 1.165) is 12.0 Å². The van der Waals surface area contributed by atoms with Crippen LogP contribution in [0.1, 0.15) is 18.4 Å². The SMILES string of the molecule is COc1cc(NC(=O)[C@@H]2CCCN2C(=O)NCc2ccccc2)cc(OC)c1. The van der Waals surface area contributed by atoms with Crippen molar-refractivity contribution in [2.75, 3.05) is 26.1 Å². The maximum atomic E-state index is 12.8. The van der Waals surface area contributed by atoms with E-state index in [-0.39, 0.29) is 11.9 Å². The van der Waals surface area contributed by atoms with Crippen LogP contribution in [-0.4, -0.2) is 43.6 Å². The van der Waals surface area contributed by atoms with Crippen molar-refractivity contribution in [2.24, 2.45) is 0 Å². The van der Waals surface area contributed by atoms with Crippen molar-refractivity contribution >= 4 is 17.6 Å². The van der Waals surface area contributed by atoms with E-state index in [1.807, 2.05) is 30.3 Å². The number of urea groups is 1. The molecule has 0 bridgehead atoms. The molecule has 0 unspecified atom stereocenters. The fraction of sp³-hybridized carbons (Fsp3) is 0.333. The molecule has 1 aliphatic rings. The van der Waals surface area contributed by atoms with Crippen LogP contribution in [0, 0.1) is 0 Å². The Morgan fingerprint density at radius 3 is 2.39 bits per heavy atom. The van der Waals surface area contributed by atoms with Gasteiger partial charge >= 0.3 is 6.03 Å². The number of nitrogens with one attached hydrogen (secondary N) is 2. The topological polar surface area (TPSA) is 79.9 Å². The Kier molecular flexibility index (Phi) is 6.37. The minimum atomic E-state index is -0.507. The summed E-state index contributed by atoms with van der Waals surface area (Å²) in [6.45, 7) is 0.984. The molecule has 1 atom stereocenters. The summed E-state index contributed by atoms with van der Waals surface area (Å²) >= 11 is 0. The first-order valence-electron chi connectivity index (χ1n) is 9.23. The molecule has 1 fully saturated rings. The highest BCUT2D eigenvalue weighted by atomic mass is 16.5. The fourth-order valence-electron chi connectivity index (χ4n) is 3.26. The van der Waals surface area contributed by atoms with E-state index >= 15 is 0 Å². The van der Waals surface area contributed by atoms with Crippen molar-refractivity contribution in [3.8, 4) is 11.5 Å². The highest BCUT2D eigenvalue weighted by Crippen LogP contribution is 2.27. The van der Waals surface area contributed by atoms with Gasteiger partial charge in [-0.05, 0) is 18.4 Å². The van der Waals surface area contributed by atoms with Crippen molar-refractivity contribution < 1.29 is 19.1 Å². The third kappa shape index (κ3) is 4.73. The van der Waals surface area contributed by atoms with Crippen molar-refractivity contribution in [1.29, 1.82) is 0 Å². The van der Waals surface area contributed by atoms with Gasteiger partial charge in [-0.1, -0.05) is 30.3 Å². The summed E-state index contributed by atoms with van der Waals surface area (Å²) in [6.07, 6.45) is 1.42. The second-order valence-electron chi connectivity index (χ2n) is 6.59. The lowest BCUT2D eigenvalue weighted by molar-refractivity contribution is -0.119. The predicted octanol–water partition coefficient (Wildman–Crippen LogP) is 3.02. The van der Waals surface area contributed by atoms with Gasteiger partial charge in [-0.25, -0.2) is 4.79 Å². The highest BCUT2D eigenvalue weighted by molar-refractivity contribution is 5.97. The Morgan fingerprint density at radius 2 is 1.75 bits per heavy atom. The van der Waals surface area contributed by atoms with Crippen LogP contribution in [0.4, 0.5) is 10.5 Å². The first kappa shape index (κ1) is 19.5. The average Bonchev–Trinajstić information content (AvgIpc) is 3.22. The summed E-state index contributed by atoms with van der Waals surface area (Å²) in [5.74, 6) is 0.944. The quantitative estimate of drug-likeness (QED) is 0.804. The predicted molar refractivity (Wildman–Crippen MR) is 107 cm³/mol. The summed E-state index contributed by atoms with van der Waals surface area (Å²) in [7, 11) is 3.10. The lowest BCUT2D eigenvalue weighted by Crippen LogP contribution is -2.47. The maximum absolute atomic E-state index is 12.8. The van der Waals surface area contributed by atoms with E-state index in [4.69, 9.17) is 9.47 Å². The number of anilines is 1. The van der Waals surface area contributed by atoms with E-state index in [2.05, 4.69) is 10.6 Å². The third-order valence-electron chi connectivity index (χ3n) is 4.72. The third-order valence-corrected chi connectivity index (χ3v) is 4.72. The number of carbonyl (C=O) groups excluding carboxylic acids is 2. The van der Waals surface area contributed by atoms with Crippen molar-refractivity contribution in [1.82, 2.24) is 10.2 Å². The van der Waals surface area contributed by atoms with Crippen LogP contribution in [0.3, 0.4) is 0 Å². The van der Waals surface area contributed by atoms with Gasteiger partial charge in [0.05, 0.1) is 14.2 Å². The minimum absolute atomic E-state index is 0.220. The molecule has 2 N–H and O–H groups in total. The second kappa shape index (κ2) is 9.12. The summed E-state index contributed by atoms with van der Waals surface area (Å²) in [4.78, 5) is 27.0. The number of hydrogen-bond acceptors (Lipinski definition) is 4. The van der Waals surface area contributed by atoms with Gasteiger partial charge in [-0.2, -0.15) is 0 Å². The summed E-state index contributed by atoms with van der Waals surface area (Å²) in [5.41, 5.74) is 1.58. The number of methoxy groups -OCH3 is 2. The molecule has 1 heterocycles. The van der Waals surface area contributed by atoms with E-state index < -0.39 is 6.04 Å². The molecule has 7 nitrogen and oxygen atoms in total. The second-order valence-corrected chi connectivity index (χ2v) is 6.59. The number of benzene rings is 2. The van der Waals surface area contributed by atoms with Gasteiger partial charge in [0.1, 0.15) is 17.5 Å². The fourth-order valence-corrected chi connectivity index (χ4v) is 3.26. The molecule has 0 spiro atoms. The number of nitrogens with zero attached hydrogens (tertiary/aromatic N) is 1. The number of hydrogen-bond donors (Lipinski definition) is 2. The molecule has 3 amide bonds. The van der Waals surface area contributed by atoms with Crippen LogP contribution >= 0.6 is 0 Å². The first-order valence-corrected chi connectivity index (χ1v) is 9.23. The normalized spacial score (nSPS) is 15.8. The van der Waals surface area contributed by atoms with Crippen LogP contribution in [0.5, 0.6) is 11.5 Å². The molecule has 0 radical (unpaired) electrons. The minimum Gasteiger partial charge on any atom is -0.497 e.